The Labute approximate surface area is 172 Å². The van der Waals surface area contributed by atoms with Gasteiger partial charge in [0, 0.05) is 25.6 Å². The molecule has 3 rings (SSSR count). The van der Waals surface area contributed by atoms with Gasteiger partial charge >= 0.3 is 5.63 Å². The van der Waals surface area contributed by atoms with Crippen LogP contribution in [-0.4, -0.2) is 56.0 Å². The Morgan fingerprint density at radius 1 is 1.14 bits per heavy atom. The summed E-state index contributed by atoms with van der Waals surface area (Å²) in [6.45, 7) is 5.39. The highest BCUT2D eigenvalue weighted by Gasteiger charge is 2.25. The van der Waals surface area contributed by atoms with Gasteiger partial charge in [-0.3, -0.25) is 4.79 Å². The first-order valence-electron chi connectivity index (χ1n) is 10.3. The number of carbonyl (C=O) groups is 1. The maximum Gasteiger partial charge on any atom is 0.349 e. The Morgan fingerprint density at radius 3 is 2.45 bits per heavy atom. The molecule has 156 valence electrons. The van der Waals surface area contributed by atoms with Gasteiger partial charge in [0.1, 0.15) is 11.3 Å². The van der Waals surface area contributed by atoms with E-state index in [0.717, 1.165) is 38.0 Å². The van der Waals surface area contributed by atoms with E-state index < -0.39 is 5.63 Å². The molecule has 1 aromatic heterocycles. The van der Waals surface area contributed by atoms with Crippen LogP contribution in [0.15, 0.2) is 45.6 Å². The van der Waals surface area contributed by atoms with E-state index in [0.29, 0.717) is 24.4 Å². The van der Waals surface area contributed by atoms with Crippen molar-refractivity contribution in [3.63, 3.8) is 0 Å². The van der Waals surface area contributed by atoms with Crippen molar-refractivity contribution in [3.8, 4) is 0 Å². The molecule has 0 unspecified atom stereocenters. The molecule has 1 amide bonds. The van der Waals surface area contributed by atoms with Gasteiger partial charge in [-0.2, -0.15) is 0 Å². The van der Waals surface area contributed by atoms with Gasteiger partial charge in [-0.15, -0.1) is 0 Å². The zero-order valence-corrected chi connectivity index (χ0v) is 17.6. The second-order valence-corrected chi connectivity index (χ2v) is 8.03. The van der Waals surface area contributed by atoms with Crippen molar-refractivity contribution in [2.75, 3.05) is 40.3 Å². The molecule has 6 heteroatoms. The number of benzene rings is 1. The molecule has 1 aliphatic rings. The lowest BCUT2D eigenvalue weighted by molar-refractivity contribution is 0.0726. The highest BCUT2D eigenvalue weighted by Crippen LogP contribution is 2.25. The van der Waals surface area contributed by atoms with Crippen LogP contribution in [-0.2, 0) is 6.54 Å². The van der Waals surface area contributed by atoms with E-state index in [1.807, 2.05) is 62.3 Å². The predicted octanol–water partition coefficient (Wildman–Crippen LogP) is 2.62. The van der Waals surface area contributed by atoms with Crippen LogP contribution in [0.3, 0.4) is 0 Å². The van der Waals surface area contributed by atoms with E-state index in [9.17, 15) is 9.59 Å². The molecule has 29 heavy (non-hydrogen) atoms. The van der Waals surface area contributed by atoms with E-state index in [2.05, 4.69) is 5.32 Å². The average molecular weight is 398 g/mol. The van der Waals surface area contributed by atoms with Crippen LogP contribution in [0.1, 0.15) is 46.0 Å². The number of rotatable bonds is 7. The van der Waals surface area contributed by atoms with Crippen LogP contribution in [0.2, 0.25) is 0 Å². The zero-order chi connectivity index (χ0) is 20.8. The van der Waals surface area contributed by atoms with Gasteiger partial charge in [0.15, 0.2) is 0 Å². The molecule has 6 nitrogen and oxygen atoms in total. The largest absolute Gasteiger partial charge is 0.427 e. The Bertz CT molecular complexity index is 871. The number of aryl methyl sites for hydroxylation is 1. The van der Waals surface area contributed by atoms with Gasteiger partial charge in [0.05, 0.1) is 0 Å². The van der Waals surface area contributed by atoms with Crippen molar-refractivity contribution < 1.29 is 9.21 Å². The molecule has 1 aromatic carbocycles. The number of nitrogens with one attached hydrogen (secondary N) is 1. The van der Waals surface area contributed by atoms with Crippen molar-refractivity contribution in [2.45, 2.75) is 32.2 Å². The fourth-order valence-electron chi connectivity index (χ4n) is 3.73. The fraction of sp³-hybridized carbons (Fsp3) is 0.478. The van der Waals surface area contributed by atoms with E-state index >= 15 is 0 Å². The first kappa shape index (κ1) is 21.3. The van der Waals surface area contributed by atoms with E-state index in [1.54, 1.807) is 4.90 Å². The lowest BCUT2D eigenvalue weighted by atomic mass is 9.94. The van der Waals surface area contributed by atoms with Crippen LogP contribution in [0.25, 0.3) is 0 Å². The van der Waals surface area contributed by atoms with Gasteiger partial charge in [-0.1, -0.05) is 30.3 Å². The molecular formula is C23H31N3O3. The molecule has 1 N–H and O–H groups in total. The summed E-state index contributed by atoms with van der Waals surface area (Å²) in [5.41, 5.74) is 1.36. The summed E-state index contributed by atoms with van der Waals surface area (Å²) in [6.07, 6.45) is 1.89. The summed E-state index contributed by atoms with van der Waals surface area (Å²) in [7, 11) is 3.94. The Morgan fingerprint density at radius 2 is 1.83 bits per heavy atom. The number of likely N-dealkylation sites (N-methyl/N-ethyl adjacent to an activating group) is 1. The topological polar surface area (TPSA) is 65.8 Å². The highest BCUT2D eigenvalue weighted by molar-refractivity contribution is 5.95. The van der Waals surface area contributed by atoms with Crippen LogP contribution in [0.5, 0.6) is 0 Å². The van der Waals surface area contributed by atoms with Crippen LogP contribution < -0.4 is 10.9 Å². The van der Waals surface area contributed by atoms with Crippen LogP contribution in [0.4, 0.5) is 0 Å². The Balaban J connectivity index is 1.86. The predicted molar refractivity (Wildman–Crippen MR) is 114 cm³/mol. The minimum Gasteiger partial charge on any atom is -0.427 e. The van der Waals surface area contributed by atoms with Gasteiger partial charge < -0.3 is 19.5 Å². The molecule has 0 aliphatic carbocycles. The third kappa shape index (κ3) is 5.55. The van der Waals surface area contributed by atoms with Crippen molar-refractivity contribution in [1.82, 2.24) is 15.1 Å². The van der Waals surface area contributed by atoms with E-state index in [1.165, 1.54) is 0 Å². The van der Waals surface area contributed by atoms with Gasteiger partial charge in [0.2, 0.25) is 0 Å². The lowest BCUT2D eigenvalue weighted by Crippen LogP contribution is -2.39. The monoisotopic (exact) mass is 397 g/mol. The van der Waals surface area contributed by atoms with Crippen molar-refractivity contribution in [3.05, 3.63) is 69.3 Å². The maximum absolute atomic E-state index is 13.3. The fourth-order valence-corrected chi connectivity index (χ4v) is 3.73. The average Bonchev–Trinajstić information content (AvgIpc) is 2.71. The number of amides is 1. The minimum absolute atomic E-state index is 0.150. The van der Waals surface area contributed by atoms with E-state index in [-0.39, 0.29) is 17.4 Å². The molecule has 0 spiro atoms. The summed E-state index contributed by atoms with van der Waals surface area (Å²) in [6, 6.07) is 11.7. The lowest BCUT2D eigenvalue weighted by Gasteiger charge is -2.25. The number of hydrogen-bond donors (Lipinski definition) is 1. The molecular weight excluding hydrogens is 366 g/mol. The smallest absolute Gasteiger partial charge is 0.349 e. The Kier molecular flexibility index (Phi) is 7.23. The number of piperidine rings is 1. The first-order chi connectivity index (χ1) is 14.0. The summed E-state index contributed by atoms with van der Waals surface area (Å²) in [4.78, 5) is 29.9. The standard InChI is InChI=1S/C23H31N3O3/c1-17-15-20(19-9-11-24-12-10-19)29-23(28)21(17)22(27)26(14-13-25(2)3)16-18-7-5-4-6-8-18/h4-8,15,19,24H,9-14,16H2,1-3H3. The SMILES string of the molecule is Cc1cc(C2CCNCC2)oc(=O)c1C(=O)N(CCN(C)C)Cc1ccccc1. The number of carbonyl (C=O) groups excluding carboxylic acids is 1. The molecule has 2 aromatic rings. The molecule has 1 fully saturated rings. The van der Waals surface area contributed by atoms with Crippen molar-refractivity contribution >= 4 is 5.91 Å². The van der Waals surface area contributed by atoms with Crippen LogP contribution >= 0.6 is 0 Å². The molecule has 0 radical (unpaired) electrons. The minimum atomic E-state index is -0.522. The van der Waals surface area contributed by atoms with Crippen molar-refractivity contribution in [1.29, 1.82) is 0 Å². The first-order valence-corrected chi connectivity index (χ1v) is 10.3. The zero-order valence-electron chi connectivity index (χ0n) is 17.6. The third-order valence-corrected chi connectivity index (χ3v) is 5.44. The second-order valence-electron chi connectivity index (χ2n) is 8.03. The maximum atomic E-state index is 13.3. The quantitative estimate of drug-likeness (QED) is 0.778. The molecule has 0 atom stereocenters. The Hall–Kier alpha value is -2.44. The van der Waals surface area contributed by atoms with Crippen LogP contribution in [0, 0.1) is 6.92 Å². The molecule has 1 saturated heterocycles. The summed E-state index contributed by atoms with van der Waals surface area (Å²) < 4.78 is 5.63. The summed E-state index contributed by atoms with van der Waals surface area (Å²) in [5.74, 6) is 0.674. The molecule has 0 saturated carbocycles. The second kappa shape index (κ2) is 9.85. The summed E-state index contributed by atoms with van der Waals surface area (Å²) in [5, 5.41) is 3.32. The third-order valence-electron chi connectivity index (χ3n) is 5.44. The molecule has 2 heterocycles. The number of hydrogen-bond acceptors (Lipinski definition) is 5. The van der Waals surface area contributed by atoms with Gasteiger partial charge in [0.25, 0.3) is 5.91 Å². The van der Waals surface area contributed by atoms with Crippen molar-refractivity contribution in [2.24, 2.45) is 0 Å². The van der Waals surface area contributed by atoms with Gasteiger partial charge in [-0.05, 0) is 64.1 Å². The molecule has 1 aliphatic heterocycles. The number of nitrogens with zero attached hydrogens (tertiary/aromatic N) is 2. The normalized spacial score (nSPS) is 14.9. The summed E-state index contributed by atoms with van der Waals surface area (Å²) >= 11 is 0. The molecule has 0 bridgehead atoms. The highest BCUT2D eigenvalue weighted by atomic mass is 16.4. The van der Waals surface area contributed by atoms with E-state index in [4.69, 9.17) is 4.42 Å². The van der Waals surface area contributed by atoms with Gasteiger partial charge in [-0.25, -0.2) is 4.79 Å².